The van der Waals surface area contributed by atoms with Gasteiger partial charge in [-0.2, -0.15) is 0 Å². The highest BCUT2D eigenvalue weighted by Gasteiger charge is 1.94. The molecule has 104 valence electrons. The van der Waals surface area contributed by atoms with Crippen molar-refractivity contribution in [2.75, 3.05) is 33.2 Å². The summed E-state index contributed by atoms with van der Waals surface area (Å²) in [5.74, 6) is 0. The molecule has 2 heteroatoms. The summed E-state index contributed by atoms with van der Waals surface area (Å²) in [4.78, 5) is 2.35. The third-order valence-corrected chi connectivity index (χ3v) is 3.42. The molecular formula is C15H34N2. The van der Waals surface area contributed by atoms with E-state index in [1.165, 1.54) is 64.5 Å². The lowest BCUT2D eigenvalue weighted by Gasteiger charge is -2.13. The number of nitrogens with zero attached hydrogens (tertiary/aromatic N) is 1. The molecule has 0 radical (unpaired) electrons. The topological polar surface area (TPSA) is 15.3 Å². The molecule has 0 spiro atoms. The number of hydrogen-bond donors (Lipinski definition) is 1. The van der Waals surface area contributed by atoms with Gasteiger partial charge in [0.25, 0.3) is 0 Å². The number of nitrogens with one attached hydrogen (secondary N) is 1. The van der Waals surface area contributed by atoms with Crippen LogP contribution in [0.25, 0.3) is 0 Å². The molecule has 0 aromatic heterocycles. The van der Waals surface area contributed by atoms with Crippen LogP contribution in [0.15, 0.2) is 0 Å². The molecule has 0 aromatic carbocycles. The molecule has 0 amide bonds. The highest BCUT2D eigenvalue weighted by molar-refractivity contribution is 4.53. The Morgan fingerprint density at radius 2 is 1.35 bits per heavy atom. The summed E-state index contributed by atoms with van der Waals surface area (Å²) in [5.41, 5.74) is 0. The molecule has 0 aliphatic heterocycles. The molecule has 0 aliphatic rings. The zero-order valence-corrected chi connectivity index (χ0v) is 12.4. The van der Waals surface area contributed by atoms with Crippen molar-refractivity contribution in [1.82, 2.24) is 10.2 Å². The van der Waals surface area contributed by atoms with Crippen LogP contribution in [-0.2, 0) is 0 Å². The maximum atomic E-state index is 3.52. The standard InChI is InChI=1S/C15H34N2/c1-4-6-7-8-9-10-11-12-13-16-14-15-17(3)5-2/h16H,4-15H2,1-3H3. The van der Waals surface area contributed by atoms with Crippen LogP contribution in [0.1, 0.15) is 65.2 Å². The fraction of sp³-hybridized carbons (Fsp3) is 1.00. The summed E-state index contributed by atoms with van der Waals surface area (Å²) < 4.78 is 0. The molecule has 0 heterocycles. The first kappa shape index (κ1) is 16.9. The Hall–Kier alpha value is -0.0800. The van der Waals surface area contributed by atoms with E-state index >= 15 is 0 Å². The van der Waals surface area contributed by atoms with Crippen molar-refractivity contribution in [2.24, 2.45) is 0 Å². The Morgan fingerprint density at radius 3 is 1.94 bits per heavy atom. The molecule has 0 saturated carbocycles. The van der Waals surface area contributed by atoms with Crippen LogP contribution in [0.2, 0.25) is 0 Å². The lowest BCUT2D eigenvalue weighted by Crippen LogP contribution is -2.29. The van der Waals surface area contributed by atoms with Gasteiger partial charge in [-0.1, -0.05) is 58.8 Å². The lowest BCUT2D eigenvalue weighted by atomic mass is 10.1. The summed E-state index contributed by atoms with van der Waals surface area (Å²) >= 11 is 0. The predicted octanol–water partition coefficient (Wildman–Crippen LogP) is 3.67. The second-order valence-electron chi connectivity index (χ2n) is 5.12. The normalized spacial score (nSPS) is 11.3. The van der Waals surface area contributed by atoms with Gasteiger partial charge in [-0.25, -0.2) is 0 Å². The lowest BCUT2D eigenvalue weighted by molar-refractivity contribution is 0.348. The maximum Gasteiger partial charge on any atom is 0.0104 e. The minimum absolute atomic E-state index is 1.14. The van der Waals surface area contributed by atoms with Gasteiger partial charge < -0.3 is 10.2 Å². The summed E-state index contributed by atoms with van der Waals surface area (Å²) in [7, 11) is 2.18. The molecule has 1 N–H and O–H groups in total. The van der Waals surface area contributed by atoms with Crippen LogP contribution < -0.4 is 5.32 Å². The van der Waals surface area contributed by atoms with Gasteiger partial charge in [-0.05, 0) is 26.6 Å². The average Bonchev–Trinajstić information content (AvgIpc) is 2.35. The summed E-state index contributed by atoms with van der Waals surface area (Å²) in [6, 6.07) is 0. The Labute approximate surface area is 109 Å². The molecule has 0 aliphatic carbocycles. The maximum absolute atomic E-state index is 3.52. The van der Waals surface area contributed by atoms with Crippen LogP contribution in [-0.4, -0.2) is 38.1 Å². The molecule has 0 fully saturated rings. The fourth-order valence-corrected chi connectivity index (χ4v) is 1.94. The molecule has 0 aromatic rings. The van der Waals surface area contributed by atoms with Crippen LogP contribution in [0, 0.1) is 0 Å². The van der Waals surface area contributed by atoms with Gasteiger partial charge in [0, 0.05) is 13.1 Å². The van der Waals surface area contributed by atoms with E-state index in [0.29, 0.717) is 0 Å². The van der Waals surface area contributed by atoms with E-state index in [-0.39, 0.29) is 0 Å². The van der Waals surface area contributed by atoms with Crippen molar-refractivity contribution in [1.29, 1.82) is 0 Å². The van der Waals surface area contributed by atoms with Crippen molar-refractivity contribution < 1.29 is 0 Å². The molecule has 0 unspecified atom stereocenters. The quantitative estimate of drug-likeness (QED) is 0.496. The van der Waals surface area contributed by atoms with E-state index < -0.39 is 0 Å². The van der Waals surface area contributed by atoms with Gasteiger partial charge in [-0.3, -0.25) is 0 Å². The van der Waals surface area contributed by atoms with E-state index in [1.807, 2.05) is 0 Å². The van der Waals surface area contributed by atoms with E-state index in [9.17, 15) is 0 Å². The zero-order chi connectivity index (χ0) is 12.8. The monoisotopic (exact) mass is 242 g/mol. The molecule has 0 saturated heterocycles. The summed E-state index contributed by atoms with van der Waals surface area (Å²) in [6.07, 6.45) is 11.3. The highest BCUT2D eigenvalue weighted by atomic mass is 15.1. The van der Waals surface area contributed by atoms with Crippen molar-refractivity contribution >= 4 is 0 Å². The first-order valence-corrected chi connectivity index (χ1v) is 7.70. The highest BCUT2D eigenvalue weighted by Crippen LogP contribution is 2.07. The van der Waals surface area contributed by atoms with Crippen molar-refractivity contribution in [3.05, 3.63) is 0 Å². The Kier molecular flexibility index (Phi) is 13.9. The Balaban J connectivity index is 2.94. The van der Waals surface area contributed by atoms with E-state index in [4.69, 9.17) is 0 Å². The summed E-state index contributed by atoms with van der Waals surface area (Å²) in [6.45, 7) is 9.15. The average molecular weight is 242 g/mol. The minimum Gasteiger partial charge on any atom is -0.315 e. The first-order chi connectivity index (χ1) is 8.31. The second kappa shape index (κ2) is 14.0. The molecule has 2 nitrogen and oxygen atoms in total. The molecule has 0 rings (SSSR count). The van der Waals surface area contributed by atoms with Gasteiger partial charge in [0.1, 0.15) is 0 Å². The molecule has 17 heavy (non-hydrogen) atoms. The predicted molar refractivity (Wildman–Crippen MR) is 78.7 cm³/mol. The fourth-order valence-electron chi connectivity index (χ4n) is 1.94. The van der Waals surface area contributed by atoms with Gasteiger partial charge >= 0.3 is 0 Å². The smallest absolute Gasteiger partial charge is 0.0104 e. The zero-order valence-electron chi connectivity index (χ0n) is 12.4. The SMILES string of the molecule is CCCCCCCCCCNCCN(C)CC. The minimum atomic E-state index is 1.14. The van der Waals surface area contributed by atoms with Crippen molar-refractivity contribution in [3.8, 4) is 0 Å². The van der Waals surface area contributed by atoms with Crippen molar-refractivity contribution in [3.63, 3.8) is 0 Å². The largest absolute Gasteiger partial charge is 0.315 e. The van der Waals surface area contributed by atoms with Crippen molar-refractivity contribution in [2.45, 2.75) is 65.2 Å². The Bertz CT molecular complexity index is 137. The van der Waals surface area contributed by atoms with Crippen LogP contribution >= 0.6 is 0 Å². The Morgan fingerprint density at radius 1 is 0.765 bits per heavy atom. The number of hydrogen-bond acceptors (Lipinski definition) is 2. The number of unbranched alkanes of at least 4 members (excludes halogenated alkanes) is 7. The number of rotatable bonds is 13. The van der Waals surface area contributed by atoms with Gasteiger partial charge in [-0.15, -0.1) is 0 Å². The third-order valence-electron chi connectivity index (χ3n) is 3.42. The van der Waals surface area contributed by atoms with Crippen LogP contribution in [0.5, 0.6) is 0 Å². The third kappa shape index (κ3) is 13.9. The van der Waals surface area contributed by atoms with E-state index in [1.54, 1.807) is 0 Å². The molecule has 0 atom stereocenters. The summed E-state index contributed by atoms with van der Waals surface area (Å²) in [5, 5.41) is 3.52. The van der Waals surface area contributed by atoms with Crippen LogP contribution in [0.3, 0.4) is 0 Å². The molecular weight excluding hydrogens is 208 g/mol. The second-order valence-corrected chi connectivity index (χ2v) is 5.12. The van der Waals surface area contributed by atoms with E-state index in [2.05, 4.69) is 31.1 Å². The molecule has 0 bridgehead atoms. The van der Waals surface area contributed by atoms with E-state index in [0.717, 1.165) is 13.1 Å². The van der Waals surface area contributed by atoms with Gasteiger partial charge in [0.2, 0.25) is 0 Å². The van der Waals surface area contributed by atoms with Gasteiger partial charge in [0.15, 0.2) is 0 Å². The number of likely N-dealkylation sites (N-methyl/N-ethyl adjacent to an activating group) is 1. The van der Waals surface area contributed by atoms with Crippen LogP contribution in [0.4, 0.5) is 0 Å². The van der Waals surface area contributed by atoms with Gasteiger partial charge in [0.05, 0.1) is 0 Å². The first-order valence-electron chi connectivity index (χ1n) is 7.70.